The molecule has 1 aromatic rings. The first-order chi connectivity index (χ1) is 7.31. The minimum Gasteiger partial charge on any atom is -0.378 e. The number of pyridine rings is 1. The number of hydrogen-bond acceptors (Lipinski definition) is 4. The summed E-state index contributed by atoms with van der Waals surface area (Å²) in [5.74, 6) is 0.932. The summed E-state index contributed by atoms with van der Waals surface area (Å²) < 4.78 is 5.27. The molecular weight excluding hydrogens is 192 g/mol. The number of hydrogen-bond donors (Lipinski definition) is 0. The highest BCUT2D eigenvalue weighted by Crippen LogP contribution is 2.14. The Morgan fingerprint density at radius 1 is 1.40 bits per heavy atom. The Morgan fingerprint density at radius 3 is 2.73 bits per heavy atom. The molecular formula is C11H14N2O2. The highest BCUT2D eigenvalue weighted by atomic mass is 16.5. The van der Waals surface area contributed by atoms with E-state index in [0.29, 0.717) is 5.56 Å². The summed E-state index contributed by atoms with van der Waals surface area (Å²) in [5.41, 5.74) is 1.45. The highest BCUT2D eigenvalue weighted by Gasteiger charge is 2.12. The molecule has 0 bridgehead atoms. The van der Waals surface area contributed by atoms with Crippen LogP contribution in [-0.2, 0) is 4.74 Å². The molecule has 1 fully saturated rings. The number of carbonyl (C=O) groups is 1. The number of ether oxygens (including phenoxy) is 1. The van der Waals surface area contributed by atoms with E-state index in [1.54, 1.807) is 0 Å². The fourth-order valence-corrected chi connectivity index (χ4v) is 1.65. The van der Waals surface area contributed by atoms with Crippen LogP contribution in [0.4, 0.5) is 5.82 Å². The summed E-state index contributed by atoms with van der Waals surface area (Å²) in [7, 11) is 0. The molecule has 0 N–H and O–H groups in total. The first kappa shape index (κ1) is 10.1. The van der Waals surface area contributed by atoms with Gasteiger partial charge < -0.3 is 9.64 Å². The summed E-state index contributed by atoms with van der Waals surface area (Å²) in [4.78, 5) is 17.2. The van der Waals surface area contributed by atoms with Crippen LogP contribution >= 0.6 is 0 Å². The number of nitrogens with zero attached hydrogens (tertiary/aromatic N) is 2. The zero-order chi connectivity index (χ0) is 10.7. The van der Waals surface area contributed by atoms with Gasteiger partial charge in [0.1, 0.15) is 5.82 Å². The van der Waals surface area contributed by atoms with E-state index in [2.05, 4.69) is 9.88 Å². The Kier molecular flexibility index (Phi) is 2.97. The molecule has 0 radical (unpaired) electrons. The molecule has 0 spiro atoms. The van der Waals surface area contributed by atoms with Crippen LogP contribution in [0.5, 0.6) is 0 Å². The molecule has 4 nitrogen and oxygen atoms in total. The van der Waals surface area contributed by atoms with Crippen LogP contribution in [0.3, 0.4) is 0 Å². The molecule has 2 rings (SSSR count). The summed E-state index contributed by atoms with van der Waals surface area (Å²) in [6, 6.07) is 3.71. The number of aromatic nitrogens is 1. The van der Waals surface area contributed by atoms with E-state index < -0.39 is 0 Å². The van der Waals surface area contributed by atoms with Crippen LogP contribution in [0.1, 0.15) is 16.1 Å². The van der Waals surface area contributed by atoms with Crippen molar-refractivity contribution in [3.05, 3.63) is 23.4 Å². The first-order valence-corrected chi connectivity index (χ1v) is 5.07. The van der Waals surface area contributed by atoms with Crippen LogP contribution in [0.15, 0.2) is 12.1 Å². The molecule has 80 valence electrons. The molecule has 1 aromatic heterocycles. The zero-order valence-electron chi connectivity index (χ0n) is 8.77. The van der Waals surface area contributed by atoms with Crippen molar-refractivity contribution in [1.82, 2.24) is 4.98 Å². The quantitative estimate of drug-likeness (QED) is 0.678. The molecule has 4 heteroatoms. The van der Waals surface area contributed by atoms with Crippen molar-refractivity contribution in [1.29, 1.82) is 0 Å². The lowest BCUT2D eigenvalue weighted by atomic mass is 10.2. The van der Waals surface area contributed by atoms with Gasteiger partial charge in [0, 0.05) is 18.7 Å². The molecule has 0 unspecified atom stereocenters. The van der Waals surface area contributed by atoms with Crippen molar-refractivity contribution in [2.24, 2.45) is 0 Å². The second kappa shape index (κ2) is 4.40. The molecule has 2 heterocycles. The third-order valence-corrected chi connectivity index (χ3v) is 2.57. The van der Waals surface area contributed by atoms with Crippen molar-refractivity contribution in [3.63, 3.8) is 0 Å². The number of morpholine rings is 1. The molecule has 15 heavy (non-hydrogen) atoms. The van der Waals surface area contributed by atoms with Gasteiger partial charge in [0.05, 0.1) is 18.9 Å². The lowest BCUT2D eigenvalue weighted by Gasteiger charge is -2.28. The largest absolute Gasteiger partial charge is 0.378 e. The maximum absolute atomic E-state index is 10.6. The Balaban J connectivity index is 2.21. The van der Waals surface area contributed by atoms with E-state index in [9.17, 15) is 4.79 Å². The third kappa shape index (κ3) is 2.15. The smallest absolute Gasteiger partial charge is 0.151 e. The average molecular weight is 206 g/mol. The molecule has 1 saturated heterocycles. The second-order valence-electron chi connectivity index (χ2n) is 3.56. The number of aryl methyl sites for hydroxylation is 1. The lowest BCUT2D eigenvalue weighted by Crippen LogP contribution is -2.36. The van der Waals surface area contributed by atoms with Gasteiger partial charge in [-0.3, -0.25) is 4.79 Å². The Morgan fingerprint density at radius 2 is 2.13 bits per heavy atom. The van der Waals surface area contributed by atoms with Gasteiger partial charge in [0.2, 0.25) is 0 Å². The fraction of sp³-hybridized carbons (Fsp3) is 0.455. The molecule has 0 aromatic carbocycles. The number of carbonyl (C=O) groups excluding carboxylic acids is 1. The predicted octanol–water partition coefficient (Wildman–Crippen LogP) is 1.04. The van der Waals surface area contributed by atoms with E-state index in [-0.39, 0.29) is 0 Å². The lowest BCUT2D eigenvalue weighted by molar-refractivity contribution is 0.112. The molecule has 0 saturated carbocycles. The van der Waals surface area contributed by atoms with Gasteiger partial charge in [-0.25, -0.2) is 4.98 Å². The van der Waals surface area contributed by atoms with E-state index in [1.165, 1.54) is 0 Å². The summed E-state index contributed by atoms with van der Waals surface area (Å²) in [5, 5.41) is 0. The van der Waals surface area contributed by atoms with Crippen molar-refractivity contribution in [2.45, 2.75) is 6.92 Å². The zero-order valence-corrected chi connectivity index (χ0v) is 8.77. The summed E-state index contributed by atoms with van der Waals surface area (Å²) >= 11 is 0. The first-order valence-electron chi connectivity index (χ1n) is 5.07. The fourth-order valence-electron chi connectivity index (χ4n) is 1.65. The van der Waals surface area contributed by atoms with E-state index in [0.717, 1.165) is 44.1 Å². The normalized spacial score (nSPS) is 16.5. The van der Waals surface area contributed by atoms with Crippen molar-refractivity contribution in [2.75, 3.05) is 31.2 Å². The maximum Gasteiger partial charge on any atom is 0.151 e. The van der Waals surface area contributed by atoms with Gasteiger partial charge in [-0.1, -0.05) is 0 Å². The minimum atomic E-state index is 0.659. The Hall–Kier alpha value is -1.42. The van der Waals surface area contributed by atoms with Crippen LogP contribution in [0.25, 0.3) is 0 Å². The van der Waals surface area contributed by atoms with Gasteiger partial charge in [-0.2, -0.15) is 0 Å². The average Bonchev–Trinajstić information content (AvgIpc) is 2.30. The SMILES string of the molecule is Cc1nc(N2CCOCC2)ccc1C=O. The van der Waals surface area contributed by atoms with Crippen molar-refractivity contribution in [3.8, 4) is 0 Å². The third-order valence-electron chi connectivity index (χ3n) is 2.57. The highest BCUT2D eigenvalue weighted by molar-refractivity contribution is 5.76. The standard InChI is InChI=1S/C11H14N2O2/c1-9-10(8-14)2-3-11(12-9)13-4-6-15-7-5-13/h2-3,8H,4-7H2,1H3. The number of rotatable bonds is 2. The Labute approximate surface area is 88.9 Å². The van der Waals surface area contributed by atoms with Gasteiger partial charge >= 0.3 is 0 Å². The van der Waals surface area contributed by atoms with Crippen LogP contribution < -0.4 is 4.90 Å². The van der Waals surface area contributed by atoms with E-state index in [1.807, 2.05) is 19.1 Å². The van der Waals surface area contributed by atoms with Crippen LogP contribution in [0, 0.1) is 6.92 Å². The predicted molar refractivity (Wildman–Crippen MR) is 57.4 cm³/mol. The van der Waals surface area contributed by atoms with E-state index in [4.69, 9.17) is 4.74 Å². The minimum absolute atomic E-state index is 0.659. The molecule has 1 aliphatic rings. The monoisotopic (exact) mass is 206 g/mol. The molecule has 0 aliphatic carbocycles. The molecule has 0 atom stereocenters. The maximum atomic E-state index is 10.6. The van der Waals surface area contributed by atoms with Crippen LogP contribution in [-0.4, -0.2) is 37.6 Å². The van der Waals surface area contributed by atoms with Crippen molar-refractivity contribution < 1.29 is 9.53 Å². The molecule has 0 amide bonds. The number of anilines is 1. The van der Waals surface area contributed by atoms with Crippen LogP contribution in [0.2, 0.25) is 0 Å². The van der Waals surface area contributed by atoms with Gasteiger partial charge in [0.15, 0.2) is 6.29 Å². The Bertz CT molecular complexity index is 360. The van der Waals surface area contributed by atoms with Gasteiger partial charge in [0.25, 0.3) is 0 Å². The summed E-state index contributed by atoms with van der Waals surface area (Å²) in [6.07, 6.45) is 0.839. The molecule has 1 aliphatic heterocycles. The second-order valence-corrected chi connectivity index (χ2v) is 3.56. The summed E-state index contributed by atoms with van der Waals surface area (Å²) in [6.45, 7) is 5.08. The van der Waals surface area contributed by atoms with Gasteiger partial charge in [-0.05, 0) is 19.1 Å². The van der Waals surface area contributed by atoms with Gasteiger partial charge in [-0.15, -0.1) is 0 Å². The number of aldehydes is 1. The van der Waals surface area contributed by atoms with E-state index >= 15 is 0 Å². The van der Waals surface area contributed by atoms with Crippen molar-refractivity contribution >= 4 is 12.1 Å². The topological polar surface area (TPSA) is 42.4 Å².